The number of amides is 2. The number of nitrogens with one attached hydrogen (secondary N) is 1. The van der Waals surface area contributed by atoms with Crippen molar-refractivity contribution in [3.8, 4) is 11.5 Å². The molecule has 1 N–H and O–H groups in total. The van der Waals surface area contributed by atoms with E-state index in [-0.39, 0.29) is 11.8 Å². The minimum absolute atomic E-state index is 0.000275. The molecule has 2 aromatic rings. The normalized spacial score (nSPS) is 19.3. The van der Waals surface area contributed by atoms with Crippen molar-refractivity contribution in [2.45, 2.75) is 43.9 Å². The van der Waals surface area contributed by atoms with Crippen LogP contribution < -0.4 is 14.8 Å². The molecule has 3 aliphatic rings. The molecule has 0 unspecified atom stereocenters. The summed E-state index contributed by atoms with van der Waals surface area (Å²) in [4.78, 5) is 27.9. The van der Waals surface area contributed by atoms with Gasteiger partial charge in [-0.05, 0) is 67.6 Å². The van der Waals surface area contributed by atoms with E-state index in [4.69, 9.17) is 9.47 Å². The summed E-state index contributed by atoms with van der Waals surface area (Å²) in [5.74, 6) is 1.52. The Kier molecular flexibility index (Phi) is 5.30. The van der Waals surface area contributed by atoms with Crippen LogP contribution in [0.15, 0.2) is 42.5 Å². The van der Waals surface area contributed by atoms with E-state index < -0.39 is 5.41 Å². The van der Waals surface area contributed by atoms with Crippen LogP contribution in [0.4, 0.5) is 5.69 Å². The molecule has 0 atom stereocenters. The molecular weight excluding hydrogens is 392 g/mol. The van der Waals surface area contributed by atoms with Crippen LogP contribution in [0.3, 0.4) is 0 Å². The zero-order valence-corrected chi connectivity index (χ0v) is 17.7. The number of anilines is 1. The number of hydrogen-bond acceptors (Lipinski definition) is 4. The highest BCUT2D eigenvalue weighted by Gasteiger charge is 2.43. The number of rotatable bonds is 4. The minimum atomic E-state index is -0.570. The molecule has 6 heteroatoms. The number of carbonyl (C=O) groups is 2. The molecule has 31 heavy (non-hydrogen) atoms. The van der Waals surface area contributed by atoms with E-state index in [1.165, 1.54) is 0 Å². The molecule has 1 saturated heterocycles. The molecule has 0 aromatic heterocycles. The van der Waals surface area contributed by atoms with Crippen LogP contribution >= 0.6 is 0 Å². The Labute approximate surface area is 182 Å². The molecule has 162 valence electrons. The highest BCUT2D eigenvalue weighted by atomic mass is 16.6. The van der Waals surface area contributed by atoms with Gasteiger partial charge in [-0.25, -0.2) is 0 Å². The second kappa shape index (κ2) is 8.25. The lowest BCUT2D eigenvalue weighted by Crippen LogP contribution is -2.38. The first-order valence-electron chi connectivity index (χ1n) is 11.3. The topological polar surface area (TPSA) is 67.9 Å². The Morgan fingerprint density at radius 2 is 1.52 bits per heavy atom. The average molecular weight is 421 g/mol. The van der Waals surface area contributed by atoms with Crippen molar-refractivity contribution in [2.75, 3.05) is 31.6 Å². The van der Waals surface area contributed by atoms with Crippen molar-refractivity contribution < 1.29 is 19.1 Å². The van der Waals surface area contributed by atoms with Crippen LogP contribution in [0.2, 0.25) is 0 Å². The smallest absolute Gasteiger partial charge is 0.253 e. The molecule has 2 fully saturated rings. The third kappa shape index (κ3) is 3.75. The predicted octanol–water partition coefficient (Wildman–Crippen LogP) is 4.14. The van der Waals surface area contributed by atoms with Crippen molar-refractivity contribution >= 4 is 17.5 Å². The molecule has 2 heterocycles. The van der Waals surface area contributed by atoms with E-state index in [1.54, 1.807) is 0 Å². The van der Waals surface area contributed by atoms with Crippen LogP contribution in [0.1, 0.15) is 54.4 Å². The van der Waals surface area contributed by atoms with Gasteiger partial charge in [-0.2, -0.15) is 0 Å². The van der Waals surface area contributed by atoms with Crippen molar-refractivity contribution in [1.82, 2.24) is 4.90 Å². The molecule has 0 bridgehead atoms. The van der Waals surface area contributed by atoms with Gasteiger partial charge in [-0.15, -0.1) is 0 Å². The number of ether oxygens (including phenoxy) is 2. The number of hydrogen-bond donors (Lipinski definition) is 1. The van der Waals surface area contributed by atoms with Crippen LogP contribution in [0.25, 0.3) is 0 Å². The highest BCUT2D eigenvalue weighted by Crippen LogP contribution is 2.45. The quantitative estimate of drug-likeness (QED) is 0.807. The lowest BCUT2D eigenvalue weighted by molar-refractivity contribution is -0.121. The average Bonchev–Trinajstić information content (AvgIpc) is 3.52. The Hall–Kier alpha value is -3.02. The Morgan fingerprint density at radius 1 is 0.839 bits per heavy atom. The lowest BCUT2D eigenvalue weighted by Gasteiger charge is -2.30. The maximum absolute atomic E-state index is 13.5. The van der Waals surface area contributed by atoms with Crippen molar-refractivity contribution in [2.24, 2.45) is 0 Å². The summed E-state index contributed by atoms with van der Waals surface area (Å²) in [5.41, 5.74) is 1.79. The van der Waals surface area contributed by atoms with Gasteiger partial charge in [0.1, 0.15) is 13.2 Å². The second-order valence-corrected chi connectivity index (χ2v) is 8.68. The van der Waals surface area contributed by atoms with E-state index in [1.807, 2.05) is 47.4 Å². The van der Waals surface area contributed by atoms with Gasteiger partial charge in [-0.3, -0.25) is 9.59 Å². The first-order chi connectivity index (χ1) is 15.2. The number of carbonyl (C=O) groups excluding carboxylic acids is 2. The first kappa shape index (κ1) is 19.9. The zero-order chi connectivity index (χ0) is 21.3. The first-order valence-corrected chi connectivity index (χ1v) is 11.3. The van der Waals surface area contributed by atoms with Crippen molar-refractivity contribution in [1.29, 1.82) is 0 Å². The largest absolute Gasteiger partial charge is 0.486 e. The number of likely N-dealkylation sites (tertiary alicyclic amines) is 1. The van der Waals surface area contributed by atoms with E-state index in [0.717, 1.165) is 62.9 Å². The summed E-state index contributed by atoms with van der Waals surface area (Å²) in [6, 6.07) is 13.1. The molecule has 1 aliphatic carbocycles. The molecule has 2 aliphatic heterocycles. The maximum atomic E-state index is 13.5. The third-order valence-electron chi connectivity index (χ3n) is 6.77. The summed E-state index contributed by atoms with van der Waals surface area (Å²) in [5, 5.41) is 3.10. The molecule has 1 saturated carbocycles. The standard InChI is InChI=1S/C25H28N2O4/c28-23(27-13-3-4-14-27)18-5-8-20(9-6-18)26-24(29)25(11-1-2-12-25)19-7-10-21-22(17-19)31-16-15-30-21/h5-10,17H,1-4,11-16H2,(H,26,29). The van der Waals surface area contributed by atoms with Gasteiger partial charge in [0.25, 0.3) is 5.91 Å². The van der Waals surface area contributed by atoms with Crippen molar-refractivity contribution in [3.05, 3.63) is 53.6 Å². The van der Waals surface area contributed by atoms with Crippen LogP contribution in [0, 0.1) is 0 Å². The van der Waals surface area contributed by atoms with Crippen LogP contribution in [-0.2, 0) is 10.2 Å². The predicted molar refractivity (Wildman–Crippen MR) is 118 cm³/mol. The van der Waals surface area contributed by atoms with Gasteiger partial charge in [0.2, 0.25) is 5.91 Å². The Balaban J connectivity index is 1.34. The number of nitrogens with zero attached hydrogens (tertiary/aromatic N) is 1. The monoisotopic (exact) mass is 420 g/mol. The second-order valence-electron chi connectivity index (χ2n) is 8.68. The molecule has 2 aromatic carbocycles. The lowest BCUT2D eigenvalue weighted by atomic mass is 9.77. The fourth-order valence-corrected chi connectivity index (χ4v) is 5.02. The Bertz CT molecular complexity index is 974. The molecule has 6 nitrogen and oxygen atoms in total. The number of benzene rings is 2. The summed E-state index contributed by atoms with van der Waals surface area (Å²) in [7, 11) is 0. The fraction of sp³-hybridized carbons (Fsp3) is 0.440. The maximum Gasteiger partial charge on any atom is 0.253 e. The summed E-state index contributed by atoms with van der Waals surface area (Å²) >= 11 is 0. The minimum Gasteiger partial charge on any atom is -0.486 e. The molecule has 0 spiro atoms. The molecule has 5 rings (SSSR count). The van der Waals surface area contributed by atoms with Gasteiger partial charge in [0, 0.05) is 24.3 Å². The van der Waals surface area contributed by atoms with Crippen LogP contribution in [-0.4, -0.2) is 43.0 Å². The summed E-state index contributed by atoms with van der Waals surface area (Å²) in [6.45, 7) is 2.73. The van der Waals surface area contributed by atoms with E-state index >= 15 is 0 Å². The van der Waals surface area contributed by atoms with Gasteiger partial charge in [-0.1, -0.05) is 18.9 Å². The van der Waals surface area contributed by atoms with Gasteiger partial charge in [0.15, 0.2) is 11.5 Å². The third-order valence-corrected chi connectivity index (χ3v) is 6.77. The summed E-state index contributed by atoms with van der Waals surface area (Å²) < 4.78 is 11.4. The van der Waals surface area contributed by atoms with E-state index in [9.17, 15) is 9.59 Å². The molecular formula is C25H28N2O4. The fourth-order valence-electron chi connectivity index (χ4n) is 5.02. The van der Waals surface area contributed by atoms with Crippen molar-refractivity contribution in [3.63, 3.8) is 0 Å². The number of fused-ring (bicyclic) bond motifs is 1. The van der Waals surface area contributed by atoms with Gasteiger partial charge in [0.05, 0.1) is 5.41 Å². The van der Waals surface area contributed by atoms with E-state index in [0.29, 0.717) is 30.2 Å². The Morgan fingerprint density at radius 3 is 2.23 bits per heavy atom. The zero-order valence-electron chi connectivity index (χ0n) is 17.7. The summed E-state index contributed by atoms with van der Waals surface area (Å²) in [6.07, 6.45) is 5.80. The molecule has 0 radical (unpaired) electrons. The van der Waals surface area contributed by atoms with Gasteiger partial charge < -0.3 is 19.7 Å². The molecule has 2 amide bonds. The highest BCUT2D eigenvalue weighted by molar-refractivity contribution is 6.00. The SMILES string of the molecule is O=C(c1ccc(NC(=O)C2(c3ccc4c(c3)OCCO4)CCCC2)cc1)N1CCCC1. The van der Waals surface area contributed by atoms with Gasteiger partial charge >= 0.3 is 0 Å². The van der Waals surface area contributed by atoms with Crippen LogP contribution in [0.5, 0.6) is 11.5 Å². The van der Waals surface area contributed by atoms with E-state index in [2.05, 4.69) is 5.32 Å².